The van der Waals surface area contributed by atoms with Crippen LogP contribution in [0, 0.1) is 11.6 Å². The van der Waals surface area contributed by atoms with Crippen molar-refractivity contribution < 1.29 is 18.4 Å². The Hall–Kier alpha value is -4.05. The molecule has 0 radical (unpaired) electrons. The first kappa shape index (κ1) is 23.7. The second-order valence-electron chi connectivity index (χ2n) is 8.12. The maximum atomic E-state index is 13.6. The number of nitrogens with one attached hydrogen (secondary N) is 1. The first-order chi connectivity index (χ1) is 17.5. The van der Waals surface area contributed by atoms with Crippen LogP contribution in [0.4, 0.5) is 14.5 Å². The minimum Gasteiger partial charge on any atom is -0.345 e. The minimum absolute atomic E-state index is 0.00622. The van der Waals surface area contributed by atoms with Crippen molar-refractivity contribution in [3.05, 3.63) is 101 Å². The zero-order chi connectivity index (χ0) is 25.1. The lowest BCUT2D eigenvalue weighted by atomic mass is 10.2. The highest BCUT2D eigenvalue weighted by Crippen LogP contribution is 2.29. The zero-order valence-corrected chi connectivity index (χ0v) is 19.8. The largest absolute Gasteiger partial charge is 0.345 e. The van der Waals surface area contributed by atoms with Gasteiger partial charge in [0.15, 0.2) is 11.0 Å². The van der Waals surface area contributed by atoms with Gasteiger partial charge in [-0.2, -0.15) is 0 Å². The fourth-order valence-corrected chi connectivity index (χ4v) is 4.90. The van der Waals surface area contributed by atoms with E-state index in [1.807, 2.05) is 24.3 Å². The van der Waals surface area contributed by atoms with Crippen LogP contribution in [0.25, 0.3) is 5.69 Å². The van der Waals surface area contributed by atoms with Gasteiger partial charge >= 0.3 is 0 Å². The normalized spacial score (nSPS) is 12.4. The molecule has 0 bridgehead atoms. The van der Waals surface area contributed by atoms with Crippen LogP contribution in [0.1, 0.15) is 21.7 Å². The van der Waals surface area contributed by atoms with Gasteiger partial charge in [-0.3, -0.25) is 14.2 Å². The van der Waals surface area contributed by atoms with Crippen molar-refractivity contribution in [3.63, 3.8) is 0 Å². The Bertz CT molecular complexity index is 1420. The summed E-state index contributed by atoms with van der Waals surface area (Å²) in [6.07, 6.45) is 0.813. The minimum atomic E-state index is -0.513. The fraction of sp³-hybridized carbons (Fsp3) is 0.154. The molecular weight excluding hydrogens is 484 g/mol. The maximum absolute atomic E-state index is 13.6. The summed E-state index contributed by atoms with van der Waals surface area (Å²) in [7, 11) is 0. The number of rotatable bonds is 7. The molecule has 0 spiro atoms. The van der Waals surface area contributed by atoms with Gasteiger partial charge in [-0.05, 0) is 60.5 Å². The van der Waals surface area contributed by atoms with Crippen molar-refractivity contribution in [1.82, 2.24) is 20.1 Å². The van der Waals surface area contributed by atoms with Gasteiger partial charge in [0.1, 0.15) is 11.6 Å². The van der Waals surface area contributed by atoms with Crippen LogP contribution in [0.3, 0.4) is 0 Å². The molecule has 4 aromatic rings. The molecule has 3 aromatic carbocycles. The topological polar surface area (TPSA) is 80.1 Å². The molecule has 2 heterocycles. The van der Waals surface area contributed by atoms with E-state index in [9.17, 15) is 18.4 Å². The van der Waals surface area contributed by atoms with E-state index in [4.69, 9.17) is 0 Å². The molecule has 0 fully saturated rings. The van der Waals surface area contributed by atoms with Crippen LogP contribution in [-0.4, -0.2) is 38.9 Å². The molecule has 2 amide bonds. The Kier molecular flexibility index (Phi) is 6.77. The van der Waals surface area contributed by atoms with Crippen molar-refractivity contribution in [2.45, 2.75) is 18.1 Å². The second-order valence-corrected chi connectivity index (χ2v) is 9.06. The summed E-state index contributed by atoms with van der Waals surface area (Å²) in [5, 5.41) is 11.6. The van der Waals surface area contributed by atoms with Gasteiger partial charge in [-0.15, -0.1) is 10.2 Å². The lowest BCUT2D eigenvalue weighted by molar-refractivity contribution is -0.116. The lowest BCUT2D eigenvalue weighted by Gasteiger charge is -2.17. The summed E-state index contributed by atoms with van der Waals surface area (Å²) < 4.78 is 28.7. The standard InChI is InChI=1S/C26H21F2N5O2S/c27-19-8-10-21(11-9-19)33-23(15-29-25(35)18-5-3-6-20(28)14-18)30-31-26(33)36-16-24(34)32-13-12-17-4-1-2-7-22(17)32/h1-11,14H,12-13,15-16H2,(H,29,35). The Morgan fingerprint density at radius 1 is 0.944 bits per heavy atom. The number of anilines is 1. The number of halogens is 2. The van der Waals surface area contributed by atoms with Crippen LogP contribution >= 0.6 is 11.8 Å². The van der Waals surface area contributed by atoms with E-state index in [1.165, 1.54) is 42.1 Å². The highest BCUT2D eigenvalue weighted by Gasteiger charge is 2.25. The van der Waals surface area contributed by atoms with Crippen molar-refractivity contribution >= 4 is 29.3 Å². The van der Waals surface area contributed by atoms with E-state index in [-0.39, 0.29) is 23.8 Å². The highest BCUT2D eigenvalue weighted by atomic mass is 32.2. The molecule has 1 aliphatic rings. The molecule has 1 aromatic heterocycles. The van der Waals surface area contributed by atoms with E-state index in [2.05, 4.69) is 15.5 Å². The molecule has 1 N–H and O–H groups in total. The quantitative estimate of drug-likeness (QED) is 0.382. The smallest absolute Gasteiger partial charge is 0.251 e. The van der Waals surface area contributed by atoms with Crippen LogP contribution < -0.4 is 10.2 Å². The summed E-state index contributed by atoms with van der Waals surface area (Å²) in [4.78, 5) is 27.2. The number of carbonyl (C=O) groups is 2. The summed E-state index contributed by atoms with van der Waals surface area (Å²) in [5.41, 5.74) is 2.82. The lowest BCUT2D eigenvalue weighted by Crippen LogP contribution is -2.30. The van der Waals surface area contributed by atoms with Gasteiger partial charge < -0.3 is 10.2 Å². The van der Waals surface area contributed by atoms with Gasteiger partial charge in [-0.25, -0.2) is 8.78 Å². The number of fused-ring (bicyclic) bond motifs is 1. The molecule has 1 aliphatic heterocycles. The summed E-state index contributed by atoms with van der Waals surface area (Å²) in [6.45, 7) is 0.620. The third-order valence-electron chi connectivity index (χ3n) is 5.79. The van der Waals surface area contributed by atoms with Crippen LogP contribution in [0.15, 0.2) is 78.0 Å². The molecule has 0 unspecified atom stereocenters. The summed E-state index contributed by atoms with van der Waals surface area (Å²) >= 11 is 1.21. The van der Waals surface area contributed by atoms with E-state index in [0.717, 1.165) is 23.7 Å². The number of para-hydroxylation sites is 1. The number of hydrogen-bond donors (Lipinski definition) is 1. The van der Waals surface area contributed by atoms with E-state index in [0.29, 0.717) is 23.2 Å². The van der Waals surface area contributed by atoms with Crippen molar-refractivity contribution in [2.75, 3.05) is 17.2 Å². The maximum Gasteiger partial charge on any atom is 0.251 e. The molecule has 0 saturated heterocycles. The Labute approximate surface area is 210 Å². The average molecular weight is 506 g/mol. The number of aromatic nitrogens is 3. The van der Waals surface area contributed by atoms with E-state index in [1.54, 1.807) is 21.6 Å². The number of hydrogen-bond acceptors (Lipinski definition) is 5. The third-order valence-corrected chi connectivity index (χ3v) is 6.71. The van der Waals surface area contributed by atoms with Crippen LogP contribution in [-0.2, 0) is 17.8 Å². The summed E-state index contributed by atoms with van der Waals surface area (Å²) in [5.74, 6) is -0.929. The Balaban J connectivity index is 1.34. The molecule has 36 heavy (non-hydrogen) atoms. The third kappa shape index (κ3) is 4.99. The molecule has 7 nitrogen and oxygen atoms in total. The number of amides is 2. The highest BCUT2D eigenvalue weighted by molar-refractivity contribution is 7.99. The first-order valence-corrected chi connectivity index (χ1v) is 12.2. The van der Waals surface area contributed by atoms with E-state index < -0.39 is 17.5 Å². The van der Waals surface area contributed by atoms with Crippen LogP contribution in [0.5, 0.6) is 0 Å². The molecule has 0 aliphatic carbocycles. The van der Waals surface area contributed by atoms with Gasteiger partial charge in [0.25, 0.3) is 5.91 Å². The average Bonchev–Trinajstić information content (AvgIpc) is 3.50. The molecule has 5 rings (SSSR count). The first-order valence-electron chi connectivity index (χ1n) is 11.2. The number of carbonyl (C=O) groups excluding carboxylic acids is 2. The molecule has 10 heteroatoms. The van der Waals surface area contributed by atoms with Crippen molar-refractivity contribution in [2.24, 2.45) is 0 Å². The molecule has 0 saturated carbocycles. The van der Waals surface area contributed by atoms with Gasteiger partial charge in [0, 0.05) is 23.5 Å². The molecular formula is C26H21F2N5O2S. The SMILES string of the molecule is O=C(NCc1nnc(SCC(=O)N2CCc3ccccc32)n1-c1ccc(F)cc1)c1cccc(F)c1. The Morgan fingerprint density at radius 3 is 2.56 bits per heavy atom. The predicted octanol–water partition coefficient (Wildman–Crippen LogP) is 4.16. The van der Waals surface area contributed by atoms with Gasteiger partial charge in [0.2, 0.25) is 5.91 Å². The van der Waals surface area contributed by atoms with Crippen LogP contribution in [0.2, 0.25) is 0 Å². The second kappa shape index (κ2) is 10.3. The van der Waals surface area contributed by atoms with Gasteiger partial charge in [0.05, 0.1) is 12.3 Å². The van der Waals surface area contributed by atoms with Crippen molar-refractivity contribution in [3.8, 4) is 5.69 Å². The number of benzene rings is 3. The predicted molar refractivity (Wildman–Crippen MR) is 132 cm³/mol. The van der Waals surface area contributed by atoms with E-state index >= 15 is 0 Å². The molecule has 0 atom stereocenters. The molecule has 182 valence electrons. The Morgan fingerprint density at radius 2 is 1.75 bits per heavy atom. The zero-order valence-electron chi connectivity index (χ0n) is 19.0. The monoisotopic (exact) mass is 505 g/mol. The van der Waals surface area contributed by atoms with Gasteiger partial charge in [-0.1, -0.05) is 36.0 Å². The number of nitrogens with zero attached hydrogens (tertiary/aromatic N) is 4. The number of thioether (sulfide) groups is 1. The van der Waals surface area contributed by atoms with Crippen molar-refractivity contribution in [1.29, 1.82) is 0 Å². The summed E-state index contributed by atoms with van der Waals surface area (Å²) in [6, 6.07) is 18.9. The fourth-order valence-electron chi connectivity index (χ4n) is 4.05.